The van der Waals surface area contributed by atoms with E-state index < -0.39 is 17.8 Å². The maximum atomic E-state index is 14.9. The predicted octanol–water partition coefficient (Wildman–Crippen LogP) is 9.04. The van der Waals surface area contributed by atoms with Gasteiger partial charge in [-0.3, -0.25) is 0 Å². The van der Waals surface area contributed by atoms with Crippen molar-refractivity contribution in [2.45, 2.75) is 118 Å². The summed E-state index contributed by atoms with van der Waals surface area (Å²) >= 11 is 0. The molecule has 1 aliphatic rings. The Kier molecular flexibility index (Phi) is 10.1. The van der Waals surface area contributed by atoms with E-state index in [1.807, 2.05) is 13.8 Å². The number of alkyl halides is 2. The molecule has 0 bridgehead atoms. The first-order chi connectivity index (χ1) is 17.6. The molecule has 0 amide bonds. The van der Waals surface area contributed by atoms with E-state index in [1.54, 1.807) is 0 Å². The standard InChI is InChI=1S/C31H45F3N2O/c1-9-18(4)20(6)23-13-15-36(30(23)19(5)10-2)28(11-3)37-22(8)21(7)25-16-26(31(33)34)29(32)24-12-14-35-17-27(24)25/h13,15-16,19,21-22,28,31,35H,9-12,14,17H2,1-8H3/b20-18+. The van der Waals surface area contributed by atoms with Gasteiger partial charge in [0.25, 0.3) is 6.43 Å². The molecule has 0 saturated heterocycles. The Labute approximate surface area is 221 Å². The Morgan fingerprint density at radius 1 is 1.05 bits per heavy atom. The van der Waals surface area contributed by atoms with Gasteiger partial charge in [0.2, 0.25) is 0 Å². The molecule has 0 fully saturated rings. The minimum Gasteiger partial charge on any atom is -0.354 e. The third-order valence-electron chi connectivity index (χ3n) is 8.47. The third kappa shape index (κ3) is 6.01. The van der Waals surface area contributed by atoms with Gasteiger partial charge < -0.3 is 14.6 Å². The quantitative estimate of drug-likeness (QED) is 0.321. The van der Waals surface area contributed by atoms with Gasteiger partial charge in [-0.25, -0.2) is 13.2 Å². The molecular formula is C31H45F3N2O. The molecule has 206 valence electrons. The first kappa shape index (κ1) is 29.5. The summed E-state index contributed by atoms with van der Waals surface area (Å²) in [5, 5.41) is 3.28. The molecule has 1 aromatic carbocycles. The highest BCUT2D eigenvalue weighted by atomic mass is 19.3. The van der Waals surface area contributed by atoms with Crippen LogP contribution in [-0.2, 0) is 17.7 Å². The second-order valence-electron chi connectivity index (χ2n) is 10.6. The summed E-state index contributed by atoms with van der Waals surface area (Å²) in [5.74, 6) is -0.558. The van der Waals surface area contributed by atoms with Crippen LogP contribution in [0.1, 0.15) is 133 Å². The van der Waals surface area contributed by atoms with Crippen molar-refractivity contribution >= 4 is 5.57 Å². The van der Waals surface area contributed by atoms with Crippen molar-refractivity contribution < 1.29 is 17.9 Å². The SMILES string of the molecule is CC/C(C)=C(\C)c1ccn(C(CC)OC(C)C(C)c2cc(C(F)F)c(F)c3c2CNCC3)c1C(C)CC. The Balaban J connectivity index is 1.98. The fourth-order valence-electron chi connectivity index (χ4n) is 5.47. The van der Waals surface area contributed by atoms with E-state index >= 15 is 0 Å². The average molecular weight is 519 g/mol. The van der Waals surface area contributed by atoms with Crippen LogP contribution < -0.4 is 5.32 Å². The van der Waals surface area contributed by atoms with E-state index in [9.17, 15) is 13.2 Å². The van der Waals surface area contributed by atoms with Gasteiger partial charge in [-0.2, -0.15) is 0 Å². The van der Waals surface area contributed by atoms with Crippen LogP contribution in [0.4, 0.5) is 13.2 Å². The molecule has 2 heterocycles. The maximum absolute atomic E-state index is 14.9. The predicted molar refractivity (Wildman–Crippen MR) is 147 cm³/mol. The third-order valence-corrected chi connectivity index (χ3v) is 8.47. The lowest BCUT2D eigenvalue weighted by atomic mass is 9.85. The Morgan fingerprint density at radius 3 is 2.35 bits per heavy atom. The number of ether oxygens (including phenoxy) is 1. The normalized spacial score (nSPS) is 17.8. The fraction of sp³-hybridized carbons (Fsp3) is 0.613. The summed E-state index contributed by atoms with van der Waals surface area (Å²) in [6.07, 6.45) is 2.07. The topological polar surface area (TPSA) is 26.2 Å². The lowest BCUT2D eigenvalue weighted by Crippen LogP contribution is -2.29. The summed E-state index contributed by atoms with van der Waals surface area (Å²) in [7, 11) is 0. The van der Waals surface area contributed by atoms with Crippen LogP contribution in [0.15, 0.2) is 23.9 Å². The second-order valence-corrected chi connectivity index (χ2v) is 10.6. The number of hydrogen-bond donors (Lipinski definition) is 1. The van der Waals surface area contributed by atoms with Gasteiger partial charge >= 0.3 is 0 Å². The molecule has 0 radical (unpaired) electrons. The summed E-state index contributed by atoms with van der Waals surface area (Å²) in [6, 6.07) is 3.57. The first-order valence-corrected chi connectivity index (χ1v) is 13.9. The van der Waals surface area contributed by atoms with E-state index in [0.29, 0.717) is 31.0 Å². The molecule has 3 rings (SSSR count). The number of nitrogens with one attached hydrogen (secondary N) is 1. The lowest BCUT2D eigenvalue weighted by molar-refractivity contribution is -0.0582. The molecule has 1 aliphatic heterocycles. The molecule has 4 unspecified atom stereocenters. The Bertz CT molecular complexity index is 1100. The zero-order valence-electron chi connectivity index (χ0n) is 23.9. The van der Waals surface area contributed by atoms with E-state index in [4.69, 9.17) is 4.74 Å². The van der Waals surface area contributed by atoms with Crippen molar-refractivity contribution in [3.63, 3.8) is 0 Å². The number of fused-ring (bicyclic) bond motifs is 1. The zero-order chi connectivity index (χ0) is 27.4. The summed E-state index contributed by atoms with van der Waals surface area (Å²) in [5.41, 5.74) is 6.75. The fourth-order valence-corrected chi connectivity index (χ4v) is 5.47. The van der Waals surface area contributed by atoms with Crippen LogP contribution in [0.5, 0.6) is 0 Å². The molecule has 2 aromatic rings. The second kappa shape index (κ2) is 12.7. The Morgan fingerprint density at radius 2 is 1.76 bits per heavy atom. The van der Waals surface area contributed by atoms with E-state index in [0.717, 1.165) is 30.4 Å². The van der Waals surface area contributed by atoms with E-state index in [1.165, 1.54) is 28.5 Å². The van der Waals surface area contributed by atoms with Crippen molar-refractivity contribution in [3.8, 4) is 0 Å². The largest absolute Gasteiger partial charge is 0.354 e. The van der Waals surface area contributed by atoms with Gasteiger partial charge in [-0.1, -0.05) is 40.2 Å². The number of rotatable bonds is 11. The highest BCUT2D eigenvalue weighted by Crippen LogP contribution is 2.38. The van der Waals surface area contributed by atoms with Gasteiger partial charge in [0.15, 0.2) is 0 Å². The summed E-state index contributed by atoms with van der Waals surface area (Å²) < 4.78 is 51.3. The van der Waals surface area contributed by atoms with Crippen LogP contribution in [-0.4, -0.2) is 17.2 Å². The van der Waals surface area contributed by atoms with Crippen molar-refractivity contribution in [1.29, 1.82) is 0 Å². The minimum atomic E-state index is -2.84. The lowest BCUT2D eigenvalue weighted by Gasteiger charge is -2.32. The summed E-state index contributed by atoms with van der Waals surface area (Å²) in [4.78, 5) is 0. The summed E-state index contributed by atoms with van der Waals surface area (Å²) in [6.45, 7) is 18.2. The number of halogens is 3. The van der Waals surface area contributed by atoms with Crippen LogP contribution in [0.25, 0.3) is 5.57 Å². The van der Waals surface area contributed by atoms with Crippen LogP contribution in [0.3, 0.4) is 0 Å². The molecule has 0 saturated carbocycles. The molecule has 3 nitrogen and oxygen atoms in total. The highest BCUT2D eigenvalue weighted by Gasteiger charge is 2.30. The number of aromatic nitrogens is 1. The minimum absolute atomic E-state index is 0.174. The number of allylic oxidation sites excluding steroid dienone is 2. The monoisotopic (exact) mass is 518 g/mol. The molecule has 37 heavy (non-hydrogen) atoms. The van der Waals surface area contributed by atoms with Crippen molar-refractivity contribution in [2.24, 2.45) is 0 Å². The van der Waals surface area contributed by atoms with Crippen molar-refractivity contribution in [3.05, 3.63) is 63.2 Å². The first-order valence-electron chi connectivity index (χ1n) is 13.9. The number of hydrogen-bond acceptors (Lipinski definition) is 2. The maximum Gasteiger partial charge on any atom is 0.266 e. The smallest absolute Gasteiger partial charge is 0.266 e. The van der Waals surface area contributed by atoms with Gasteiger partial charge in [-0.05, 0) is 98.9 Å². The van der Waals surface area contributed by atoms with Gasteiger partial charge in [0.1, 0.15) is 12.0 Å². The van der Waals surface area contributed by atoms with Gasteiger partial charge in [0.05, 0.1) is 11.7 Å². The zero-order valence-corrected chi connectivity index (χ0v) is 23.9. The van der Waals surface area contributed by atoms with E-state index in [2.05, 4.69) is 63.7 Å². The Hall–Kier alpha value is -2.05. The highest BCUT2D eigenvalue weighted by molar-refractivity contribution is 5.69. The molecule has 1 aromatic heterocycles. The molecule has 1 N–H and O–H groups in total. The molecule has 0 spiro atoms. The van der Waals surface area contributed by atoms with Crippen LogP contribution in [0.2, 0.25) is 0 Å². The van der Waals surface area contributed by atoms with Crippen molar-refractivity contribution in [1.82, 2.24) is 9.88 Å². The molecule has 6 heteroatoms. The van der Waals surface area contributed by atoms with Crippen LogP contribution in [0, 0.1) is 5.82 Å². The van der Waals surface area contributed by atoms with Crippen LogP contribution >= 0.6 is 0 Å². The number of nitrogens with zero attached hydrogens (tertiary/aromatic N) is 1. The van der Waals surface area contributed by atoms with Gasteiger partial charge in [0, 0.05) is 24.4 Å². The van der Waals surface area contributed by atoms with Crippen molar-refractivity contribution in [2.75, 3.05) is 6.54 Å². The average Bonchev–Trinajstić information content (AvgIpc) is 3.34. The molecule has 0 aliphatic carbocycles. The van der Waals surface area contributed by atoms with E-state index in [-0.39, 0.29) is 18.2 Å². The van der Waals surface area contributed by atoms with Gasteiger partial charge in [-0.15, -0.1) is 0 Å². The molecule has 4 atom stereocenters. The molecular weight excluding hydrogens is 473 g/mol. The number of benzene rings is 1.